The van der Waals surface area contributed by atoms with Crippen LogP contribution in [0.2, 0.25) is 0 Å². The standard InChI is InChI=1S/C11H13N5/c1-4-12-10(13-5-1)11-15-7-9(16-11)6-14-8-2-3-8/h1,4-5,7-8,14H,2-3,6H2,(H,15,16). The number of nitrogens with zero attached hydrogens (tertiary/aromatic N) is 3. The van der Waals surface area contributed by atoms with Crippen LogP contribution in [0.15, 0.2) is 24.7 Å². The third-order valence-electron chi connectivity index (χ3n) is 2.56. The molecule has 0 aromatic carbocycles. The van der Waals surface area contributed by atoms with Crippen LogP contribution in [0.1, 0.15) is 18.5 Å². The molecule has 16 heavy (non-hydrogen) atoms. The van der Waals surface area contributed by atoms with Gasteiger partial charge in [0.25, 0.3) is 0 Å². The molecule has 0 aliphatic heterocycles. The predicted molar refractivity (Wildman–Crippen MR) is 59.5 cm³/mol. The van der Waals surface area contributed by atoms with E-state index < -0.39 is 0 Å². The summed E-state index contributed by atoms with van der Waals surface area (Å²) in [5.74, 6) is 1.37. The molecule has 3 rings (SSSR count). The lowest BCUT2D eigenvalue weighted by molar-refractivity contribution is 0.677. The van der Waals surface area contributed by atoms with Gasteiger partial charge >= 0.3 is 0 Å². The molecule has 2 N–H and O–H groups in total. The second-order valence-electron chi connectivity index (χ2n) is 3.98. The molecule has 0 spiro atoms. The third-order valence-corrected chi connectivity index (χ3v) is 2.56. The second-order valence-corrected chi connectivity index (χ2v) is 3.98. The fourth-order valence-electron chi connectivity index (χ4n) is 1.53. The minimum atomic E-state index is 0.639. The zero-order chi connectivity index (χ0) is 10.8. The smallest absolute Gasteiger partial charge is 0.195 e. The first-order valence-electron chi connectivity index (χ1n) is 5.46. The minimum absolute atomic E-state index is 0.639. The highest BCUT2D eigenvalue weighted by molar-refractivity contribution is 5.42. The number of imidazole rings is 1. The van der Waals surface area contributed by atoms with Crippen molar-refractivity contribution in [3.05, 3.63) is 30.4 Å². The summed E-state index contributed by atoms with van der Waals surface area (Å²) in [6.07, 6.45) is 7.85. The van der Waals surface area contributed by atoms with Crippen LogP contribution in [0.4, 0.5) is 0 Å². The summed E-state index contributed by atoms with van der Waals surface area (Å²) in [4.78, 5) is 15.8. The number of aromatic nitrogens is 4. The van der Waals surface area contributed by atoms with E-state index in [1.54, 1.807) is 18.5 Å². The Balaban J connectivity index is 1.71. The van der Waals surface area contributed by atoms with Crippen LogP contribution in [0.5, 0.6) is 0 Å². The van der Waals surface area contributed by atoms with Crippen LogP contribution in [0.25, 0.3) is 11.6 Å². The molecule has 2 heterocycles. The molecule has 2 aromatic rings. The summed E-state index contributed by atoms with van der Waals surface area (Å²) in [5, 5.41) is 3.43. The van der Waals surface area contributed by atoms with Gasteiger partial charge in [-0.2, -0.15) is 0 Å². The summed E-state index contributed by atoms with van der Waals surface area (Å²) in [5.41, 5.74) is 1.08. The monoisotopic (exact) mass is 215 g/mol. The van der Waals surface area contributed by atoms with Gasteiger partial charge in [-0.1, -0.05) is 0 Å². The zero-order valence-electron chi connectivity index (χ0n) is 8.85. The van der Waals surface area contributed by atoms with Crippen LogP contribution >= 0.6 is 0 Å². The highest BCUT2D eigenvalue weighted by Crippen LogP contribution is 2.19. The van der Waals surface area contributed by atoms with E-state index in [9.17, 15) is 0 Å². The summed E-state index contributed by atoms with van der Waals surface area (Å²) >= 11 is 0. The minimum Gasteiger partial charge on any atom is -0.338 e. The molecule has 0 amide bonds. The van der Waals surface area contributed by atoms with E-state index in [0.717, 1.165) is 18.1 Å². The van der Waals surface area contributed by atoms with Gasteiger partial charge in [0.15, 0.2) is 11.6 Å². The highest BCUT2D eigenvalue weighted by Gasteiger charge is 2.20. The van der Waals surface area contributed by atoms with Gasteiger partial charge in [-0.05, 0) is 18.9 Å². The summed E-state index contributed by atoms with van der Waals surface area (Å²) in [6.45, 7) is 0.838. The van der Waals surface area contributed by atoms with E-state index >= 15 is 0 Å². The van der Waals surface area contributed by atoms with Crippen molar-refractivity contribution in [1.82, 2.24) is 25.3 Å². The first kappa shape index (κ1) is 9.47. The largest absolute Gasteiger partial charge is 0.338 e. The van der Waals surface area contributed by atoms with Crippen LogP contribution in [-0.4, -0.2) is 26.0 Å². The molecule has 1 fully saturated rings. The van der Waals surface area contributed by atoms with Gasteiger partial charge in [0.2, 0.25) is 0 Å². The third kappa shape index (κ3) is 2.09. The van der Waals surface area contributed by atoms with Crippen molar-refractivity contribution >= 4 is 0 Å². The molecule has 1 aliphatic rings. The number of nitrogens with one attached hydrogen (secondary N) is 2. The quantitative estimate of drug-likeness (QED) is 0.802. The van der Waals surface area contributed by atoms with Gasteiger partial charge in [-0.3, -0.25) is 0 Å². The van der Waals surface area contributed by atoms with Crippen molar-refractivity contribution in [1.29, 1.82) is 0 Å². The Bertz CT molecular complexity index is 460. The summed E-state index contributed by atoms with van der Waals surface area (Å²) in [6, 6.07) is 2.50. The molecular formula is C11H13N5. The fraction of sp³-hybridized carbons (Fsp3) is 0.364. The lowest BCUT2D eigenvalue weighted by Crippen LogP contribution is -2.15. The van der Waals surface area contributed by atoms with Gasteiger partial charge in [0.1, 0.15) is 0 Å². The van der Waals surface area contributed by atoms with Crippen LogP contribution in [0, 0.1) is 0 Å². The summed E-state index contributed by atoms with van der Waals surface area (Å²) in [7, 11) is 0. The topological polar surface area (TPSA) is 66.5 Å². The average Bonchev–Trinajstić information content (AvgIpc) is 3.05. The van der Waals surface area contributed by atoms with E-state index in [2.05, 4.69) is 25.3 Å². The lowest BCUT2D eigenvalue weighted by atomic mass is 10.4. The molecule has 0 saturated heterocycles. The molecule has 0 unspecified atom stereocenters. The number of hydrogen-bond acceptors (Lipinski definition) is 4. The van der Waals surface area contributed by atoms with Crippen molar-refractivity contribution in [3.63, 3.8) is 0 Å². The molecule has 2 aromatic heterocycles. The zero-order valence-corrected chi connectivity index (χ0v) is 8.85. The van der Waals surface area contributed by atoms with Gasteiger partial charge in [-0.25, -0.2) is 15.0 Å². The number of hydrogen-bond donors (Lipinski definition) is 2. The molecular weight excluding hydrogens is 202 g/mol. The molecule has 0 atom stereocenters. The maximum absolute atomic E-state index is 4.26. The molecule has 0 radical (unpaired) electrons. The molecule has 82 valence electrons. The van der Waals surface area contributed by atoms with Crippen molar-refractivity contribution in [2.24, 2.45) is 0 Å². The van der Waals surface area contributed by atoms with Crippen molar-refractivity contribution in [2.45, 2.75) is 25.4 Å². The SMILES string of the molecule is c1cnc(-c2ncc(CNC3CC3)[nH]2)nc1. The normalized spacial score (nSPS) is 15.2. The Morgan fingerprint density at radius 3 is 2.81 bits per heavy atom. The predicted octanol–water partition coefficient (Wildman–Crippen LogP) is 1.12. The number of H-pyrrole nitrogens is 1. The summed E-state index contributed by atoms with van der Waals surface area (Å²) < 4.78 is 0. The van der Waals surface area contributed by atoms with Gasteiger partial charge < -0.3 is 10.3 Å². The molecule has 1 saturated carbocycles. The van der Waals surface area contributed by atoms with Crippen molar-refractivity contribution in [2.75, 3.05) is 0 Å². The molecule has 5 nitrogen and oxygen atoms in total. The van der Waals surface area contributed by atoms with Crippen LogP contribution in [0.3, 0.4) is 0 Å². The van der Waals surface area contributed by atoms with Crippen LogP contribution in [-0.2, 0) is 6.54 Å². The van der Waals surface area contributed by atoms with Gasteiger partial charge in [0.05, 0.1) is 6.20 Å². The Kier molecular flexibility index (Phi) is 2.38. The first-order valence-corrected chi connectivity index (χ1v) is 5.46. The van der Waals surface area contributed by atoms with E-state index in [4.69, 9.17) is 0 Å². The first-order chi connectivity index (χ1) is 7.92. The Hall–Kier alpha value is -1.75. The van der Waals surface area contributed by atoms with E-state index in [0.29, 0.717) is 11.9 Å². The highest BCUT2D eigenvalue weighted by atomic mass is 15.0. The van der Waals surface area contributed by atoms with Gasteiger partial charge in [0, 0.05) is 30.7 Å². The number of rotatable bonds is 4. The second kappa shape index (κ2) is 4.02. The van der Waals surface area contributed by atoms with Gasteiger partial charge in [-0.15, -0.1) is 0 Å². The molecule has 1 aliphatic carbocycles. The van der Waals surface area contributed by atoms with E-state index in [-0.39, 0.29) is 0 Å². The van der Waals surface area contributed by atoms with Crippen molar-refractivity contribution in [3.8, 4) is 11.6 Å². The number of aromatic amines is 1. The lowest BCUT2D eigenvalue weighted by Gasteiger charge is -1.98. The Morgan fingerprint density at radius 2 is 2.06 bits per heavy atom. The Morgan fingerprint density at radius 1 is 1.25 bits per heavy atom. The Labute approximate surface area is 93.4 Å². The fourth-order valence-corrected chi connectivity index (χ4v) is 1.53. The van der Waals surface area contributed by atoms with E-state index in [1.165, 1.54) is 12.8 Å². The van der Waals surface area contributed by atoms with Crippen molar-refractivity contribution < 1.29 is 0 Å². The van der Waals surface area contributed by atoms with Crippen LogP contribution < -0.4 is 5.32 Å². The molecule has 5 heteroatoms. The maximum atomic E-state index is 4.26. The molecule has 0 bridgehead atoms. The van der Waals surface area contributed by atoms with E-state index in [1.807, 2.05) is 6.20 Å². The maximum Gasteiger partial charge on any atom is 0.195 e. The average molecular weight is 215 g/mol.